The summed E-state index contributed by atoms with van der Waals surface area (Å²) in [5, 5.41) is 7.46. The van der Waals surface area contributed by atoms with Crippen molar-refractivity contribution in [3.8, 4) is 0 Å². The number of hydrogen-bond acceptors (Lipinski definition) is 4. The van der Waals surface area contributed by atoms with Crippen LogP contribution in [0.5, 0.6) is 0 Å². The molecule has 1 fully saturated rings. The van der Waals surface area contributed by atoms with Gasteiger partial charge in [-0.05, 0) is 12.8 Å². The molecule has 1 aromatic heterocycles. The minimum Gasteiger partial charge on any atom is -0.384 e. The average Bonchev–Trinajstić information content (AvgIpc) is 2.99. The fraction of sp³-hybridized carbons (Fsp3) is 0.500. The molecule has 15 heavy (non-hydrogen) atoms. The SMILES string of the molecule is CN(C)c1ncc(C(=N)N)c(C2CC2)n1. The lowest BCUT2D eigenvalue weighted by molar-refractivity contribution is 0.926. The summed E-state index contributed by atoms with van der Waals surface area (Å²) in [4.78, 5) is 10.5. The van der Waals surface area contributed by atoms with Crippen LogP contribution in [0.15, 0.2) is 6.20 Å². The highest BCUT2D eigenvalue weighted by Gasteiger charge is 2.29. The van der Waals surface area contributed by atoms with Crippen LogP contribution in [0.2, 0.25) is 0 Å². The van der Waals surface area contributed by atoms with Crippen LogP contribution in [0, 0.1) is 5.41 Å². The first kappa shape index (κ1) is 9.89. The van der Waals surface area contributed by atoms with Gasteiger partial charge >= 0.3 is 0 Å². The first-order chi connectivity index (χ1) is 7.09. The van der Waals surface area contributed by atoms with Crippen LogP contribution in [0.3, 0.4) is 0 Å². The van der Waals surface area contributed by atoms with Crippen LogP contribution >= 0.6 is 0 Å². The Morgan fingerprint density at radius 2 is 2.20 bits per heavy atom. The topological polar surface area (TPSA) is 78.9 Å². The molecule has 0 amide bonds. The predicted molar refractivity (Wildman–Crippen MR) is 59.4 cm³/mol. The Morgan fingerprint density at radius 3 is 2.67 bits per heavy atom. The van der Waals surface area contributed by atoms with Gasteiger partial charge in [0.05, 0.1) is 11.3 Å². The van der Waals surface area contributed by atoms with E-state index in [1.807, 2.05) is 19.0 Å². The van der Waals surface area contributed by atoms with Crippen molar-refractivity contribution in [3.05, 3.63) is 17.5 Å². The molecule has 0 atom stereocenters. The van der Waals surface area contributed by atoms with Crippen molar-refractivity contribution in [2.75, 3.05) is 19.0 Å². The molecule has 5 nitrogen and oxygen atoms in total. The molecule has 80 valence electrons. The number of hydrogen-bond donors (Lipinski definition) is 2. The number of nitrogens with one attached hydrogen (secondary N) is 1. The molecular formula is C10H15N5. The van der Waals surface area contributed by atoms with Gasteiger partial charge in [0.15, 0.2) is 0 Å². The Morgan fingerprint density at radius 1 is 1.53 bits per heavy atom. The van der Waals surface area contributed by atoms with Gasteiger partial charge < -0.3 is 10.6 Å². The Hall–Kier alpha value is -1.65. The van der Waals surface area contributed by atoms with Gasteiger partial charge in [0.1, 0.15) is 5.84 Å². The van der Waals surface area contributed by atoms with E-state index in [0.717, 1.165) is 18.5 Å². The normalized spacial score (nSPS) is 15.1. The molecule has 0 radical (unpaired) electrons. The van der Waals surface area contributed by atoms with Gasteiger partial charge in [-0.1, -0.05) is 0 Å². The lowest BCUT2D eigenvalue weighted by Crippen LogP contribution is -2.19. The summed E-state index contributed by atoms with van der Waals surface area (Å²) in [5.74, 6) is 1.22. The lowest BCUT2D eigenvalue weighted by Gasteiger charge is -2.13. The van der Waals surface area contributed by atoms with Gasteiger partial charge in [-0.25, -0.2) is 9.97 Å². The van der Waals surface area contributed by atoms with Crippen molar-refractivity contribution < 1.29 is 0 Å². The third-order valence-corrected chi connectivity index (χ3v) is 2.46. The molecule has 2 rings (SSSR count). The minimum absolute atomic E-state index is 0.0576. The number of aromatic nitrogens is 2. The number of amidine groups is 1. The Balaban J connectivity index is 2.44. The highest BCUT2D eigenvalue weighted by molar-refractivity contribution is 5.96. The largest absolute Gasteiger partial charge is 0.384 e. The van der Waals surface area contributed by atoms with Crippen LogP contribution < -0.4 is 10.6 Å². The van der Waals surface area contributed by atoms with E-state index in [0.29, 0.717) is 17.4 Å². The summed E-state index contributed by atoms with van der Waals surface area (Å²) >= 11 is 0. The van der Waals surface area contributed by atoms with Gasteiger partial charge in [0, 0.05) is 26.2 Å². The fourth-order valence-electron chi connectivity index (χ4n) is 1.48. The van der Waals surface area contributed by atoms with Crippen molar-refractivity contribution >= 4 is 11.8 Å². The van der Waals surface area contributed by atoms with Crippen LogP contribution in [-0.2, 0) is 0 Å². The number of nitrogens with two attached hydrogens (primary N) is 1. The third-order valence-electron chi connectivity index (χ3n) is 2.46. The summed E-state index contributed by atoms with van der Waals surface area (Å²) in [7, 11) is 3.80. The van der Waals surface area contributed by atoms with E-state index in [1.54, 1.807) is 6.20 Å². The summed E-state index contributed by atoms with van der Waals surface area (Å²) in [5.41, 5.74) is 7.11. The van der Waals surface area contributed by atoms with Crippen LogP contribution in [0.4, 0.5) is 5.95 Å². The van der Waals surface area contributed by atoms with Gasteiger partial charge in [-0.15, -0.1) is 0 Å². The van der Waals surface area contributed by atoms with Gasteiger partial charge in [-0.2, -0.15) is 0 Å². The van der Waals surface area contributed by atoms with E-state index in [2.05, 4.69) is 9.97 Å². The van der Waals surface area contributed by atoms with Gasteiger partial charge in [-0.3, -0.25) is 5.41 Å². The minimum atomic E-state index is 0.0576. The molecule has 0 unspecified atom stereocenters. The molecule has 3 N–H and O–H groups in total. The Labute approximate surface area is 88.8 Å². The molecule has 0 bridgehead atoms. The number of nitrogen functional groups attached to an aromatic ring is 1. The monoisotopic (exact) mass is 205 g/mol. The lowest BCUT2D eigenvalue weighted by atomic mass is 10.1. The standard InChI is InChI=1S/C10H15N5/c1-15(2)10-13-5-7(9(11)12)8(14-10)6-3-4-6/h5-6H,3-4H2,1-2H3,(H3,11,12). The number of anilines is 1. The van der Waals surface area contributed by atoms with E-state index >= 15 is 0 Å². The molecule has 0 aromatic carbocycles. The zero-order valence-corrected chi connectivity index (χ0v) is 8.99. The maximum Gasteiger partial charge on any atom is 0.225 e. The second-order valence-corrected chi connectivity index (χ2v) is 4.05. The molecule has 1 heterocycles. The highest BCUT2D eigenvalue weighted by Crippen LogP contribution is 2.40. The molecule has 1 aromatic rings. The van der Waals surface area contributed by atoms with Gasteiger partial charge in [0.25, 0.3) is 0 Å². The molecule has 0 saturated heterocycles. The Bertz CT molecular complexity index is 395. The first-order valence-electron chi connectivity index (χ1n) is 4.98. The summed E-state index contributed by atoms with van der Waals surface area (Å²) in [6.07, 6.45) is 3.94. The summed E-state index contributed by atoms with van der Waals surface area (Å²) < 4.78 is 0. The highest BCUT2D eigenvalue weighted by atomic mass is 15.2. The average molecular weight is 205 g/mol. The first-order valence-corrected chi connectivity index (χ1v) is 4.98. The van der Waals surface area contributed by atoms with E-state index in [1.165, 1.54) is 0 Å². The molecule has 0 aliphatic heterocycles. The Kier molecular flexibility index (Phi) is 2.30. The zero-order chi connectivity index (χ0) is 11.0. The third kappa shape index (κ3) is 1.91. The molecule has 0 spiro atoms. The summed E-state index contributed by atoms with van der Waals surface area (Å²) in [6, 6.07) is 0. The van der Waals surface area contributed by atoms with Crippen LogP contribution in [0.1, 0.15) is 30.0 Å². The van der Waals surface area contributed by atoms with Crippen molar-refractivity contribution in [1.29, 1.82) is 5.41 Å². The van der Waals surface area contributed by atoms with E-state index in [9.17, 15) is 0 Å². The second kappa shape index (κ2) is 3.49. The molecular weight excluding hydrogens is 190 g/mol. The van der Waals surface area contributed by atoms with E-state index in [-0.39, 0.29) is 5.84 Å². The predicted octanol–water partition coefficient (Wildman–Crippen LogP) is 0.704. The summed E-state index contributed by atoms with van der Waals surface area (Å²) in [6.45, 7) is 0. The van der Waals surface area contributed by atoms with E-state index in [4.69, 9.17) is 11.1 Å². The van der Waals surface area contributed by atoms with Crippen molar-refractivity contribution in [2.45, 2.75) is 18.8 Å². The second-order valence-electron chi connectivity index (χ2n) is 4.05. The maximum absolute atomic E-state index is 7.46. The van der Waals surface area contributed by atoms with E-state index < -0.39 is 0 Å². The van der Waals surface area contributed by atoms with Gasteiger partial charge in [0.2, 0.25) is 5.95 Å². The molecule has 1 aliphatic rings. The van der Waals surface area contributed by atoms with Crippen LogP contribution in [0.25, 0.3) is 0 Å². The number of rotatable bonds is 3. The fourth-order valence-corrected chi connectivity index (χ4v) is 1.48. The smallest absolute Gasteiger partial charge is 0.225 e. The van der Waals surface area contributed by atoms with Crippen molar-refractivity contribution in [1.82, 2.24) is 9.97 Å². The zero-order valence-electron chi connectivity index (χ0n) is 8.99. The molecule has 5 heteroatoms. The molecule has 1 saturated carbocycles. The number of nitrogens with zero attached hydrogens (tertiary/aromatic N) is 3. The van der Waals surface area contributed by atoms with Crippen molar-refractivity contribution in [2.24, 2.45) is 5.73 Å². The van der Waals surface area contributed by atoms with Crippen molar-refractivity contribution in [3.63, 3.8) is 0 Å². The quantitative estimate of drug-likeness (QED) is 0.562. The van der Waals surface area contributed by atoms with Crippen LogP contribution in [-0.4, -0.2) is 29.9 Å². The molecule has 1 aliphatic carbocycles. The maximum atomic E-state index is 7.46.